The molecular weight excluding hydrogens is 200 g/mol. The topological polar surface area (TPSA) is 32.3 Å². The number of hydrogen-bond donors (Lipinski definition) is 1. The molecule has 16 heavy (non-hydrogen) atoms. The molecule has 0 aromatic heterocycles. The van der Waals surface area contributed by atoms with E-state index in [2.05, 4.69) is 12.2 Å². The minimum atomic E-state index is -0.145. The Morgan fingerprint density at radius 3 is 2.69 bits per heavy atom. The lowest BCUT2D eigenvalue weighted by molar-refractivity contribution is -0.139. The van der Waals surface area contributed by atoms with Crippen molar-refractivity contribution in [3.05, 3.63) is 0 Å². The quantitative estimate of drug-likeness (QED) is 0.790. The first-order chi connectivity index (χ1) is 7.62. The second-order valence-corrected chi connectivity index (χ2v) is 5.82. The van der Waals surface area contributed by atoms with Crippen LogP contribution in [0.15, 0.2) is 0 Å². The van der Waals surface area contributed by atoms with Crippen LogP contribution in [0, 0.1) is 11.3 Å². The SMILES string of the molecule is CN(CC1CCCC1)C(=O)C1(C)CCNC1. The summed E-state index contributed by atoms with van der Waals surface area (Å²) in [6.07, 6.45) is 6.32. The van der Waals surface area contributed by atoms with E-state index in [1.54, 1.807) is 0 Å². The van der Waals surface area contributed by atoms with Crippen molar-refractivity contribution < 1.29 is 4.79 Å². The third kappa shape index (κ3) is 2.40. The molecule has 1 saturated heterocycles. The second-order valence-electron chi connectivity index (χ2n) is 5.82. The van der Waals surface area contributed by atoms with Crippen molar-refractivity contribution in [1.82, 2.24) is 10.2 Å². The average Bonchev–Trinajstić information content (AvgIpc) is 2.89. The van der Waals surface area contributed by atoms with Crippen molar-refractivity contribution >= 4 is 5.91 Å². The minimum absolute atomic E-state index is 0.145. The van der Waals surface area contributed by atoms with Gasteiger partial charge in [0, 0.05) is 20.1 Å². The highest BCUT2D eigenvalue weighted by atomic mass is 16.2. The maximum Gasteiger partial charge on any atom is 0.229 e. The standard InChI is InChI=1S/C13H24N2O/c1-13(7-8-14-10-13)12(16)15(2)9-11-5-3-4-6-11/h11,14H,3-10H2,1-2H3. The molecule has 1 N–H and O–H groups in total. The first-order valence-electron chi connectivity index (χ1n) is 6.58. The van der Waals surface area contributed by atoms with Gasteiger partial charge in [-0.25, -0.2) is 0 Å². The van der Waals surface area contributed by atoms with E-state index in [0.717, 1.165) is 32.0 Å². The first-order valence-corrected chi connectivity index (χ1v) is 6.58. The normalized spacial score (nSPS) is 30.9. The van der Waals surface area contributed by atoms with E-state index in [9.17, 15) is 4.79 Å². The van der Waals surface area contributed by atoms with Crippen LogP contribution >= 0.6 is 0 Å². The molecule has 1 aliphatic carbocycles. The van der Waals surface area contributed by atoms with Gasteiger partial charge in [-0.3, -0.25) is 4.79 Å². The molecule has 0 aromatic rings. The Morgan fingerprint density at radius 2 is 2.12 bits per heavy atom. The van der Waals surface area contributed by atoms with E-state index < -0.39 is 0 Å². The largest absolute Gasteiger partial charge is 0.345 e. The van der Waals surface area contributed by atoms with Crippen LogP contribution in [0.4, 0.5) is 0 Å². The lowest BCUT2D eigenvalue weighted by Crippen LogP contribution is -2.43. The van der Waals surface area contributed by atoms with Crippen molar-refractivity contribution in [1.29, 1.82) is 0 Å². The molecule has 1 unspecified atom stereocenters. The summed E-state index contributed by atoms with van der Waals surface area (Å²) in [5.74, 6) is 1.09. The van der Waals surface area contributed by atoms with Gasteiger partial charge in [0.1, 0.15) is 0 Å². The smallest absolute Gasteiger partial charge is 0.229 e. The Morgan fingerprint density at radius 1 is 1.44 bits per heavy atom. The summed E-state index contributed by atoms with van der Waals surface area (Å²) in [6, 6.07) is 0. The first kappa shape index (κ1) is 11.9. The van der Waals surface area contributed by atoms with Crippen molar-refractivity contribution in [2.45, 2.75) is 39.0 Å². The Balaban J connectivity index is 1.88. The van der Waals surface area contributed by atoms with E-state index in [-0.39, 0.29) is 5.41 Å². The second kappa shape index (κ2) is 4.74. The Bertz CT molecular complexity index is 253. The van der Waals surface area contributed by atoms with Crippen molar-refractivity contribution in [2.24, 2.45) is 11.3 Å². The third-order valence-corrected chi connectivity index (χ3v) is 4.24. The van der Waals surface area contributed by atoms with Gasteiger partial charge < -0.3 is 10.2 Å². The zero-order chi connectivity index (χ0) is 11.6. The van der Waals surface area contributed by atoms with Crippen LogP contribution in [0.25, 0.3) is 0 Å². The summed E-state index contributed by atoms with van der Waals surface area (Å²) in [4.78, 5) is 14.3. The molecule has 1 atom stereocenters. The highest BCUT2D eigenvalue weighted by Gasteiger charge is 2.38. The number of carbonyl (C=O) groups is 1. The van der Waals surface area contributed by atoms with Gasteiger partial charge in [0.25, 0.3) is 0 Å². The molecule has 2 rings (SSSR count). The fraction of sp³-hybridized carbons (Fsp3) is 0.923. The highest BCUT2D eigenvalue weighted by Crippen LogP contribution is 2.29. The van der Waals surface area contributed by atoms with E-state index in [1.807, 2.05) is 11.9 Å². The zero-order valence-corrected chi connectivity index (χ0v) is 10.6. The van der Waals surface area contributed by atoms with Gasteiger partial charge in [-0.15, -0.1) is 0 Å². The summed E-state index contributed by atoms with van der Waals surface area (Å²) in [5.41, 5.74) is -0.145. The molecule has 2 aliphatic rings. The number of carbonyl (C=O) groups excluding carboxylic acids is 1. The molecule has 3 nitrogen and oxygen atoms in total. The number of hydrogen-bond acceptors (Lipinski definition) is 2. The molecule has 1 amide bonds. The van der Waals surface area contributed by atoms with Crippen LogP contribution in [-0.2, 0) is 4.79 Å². The number of nitrogens with one attached hydrogen (secondary N) is 1. The summed E-state index contributed by atoms with van der Waals surface area (Å²) < 4.78 is 0. The molecule has 1 saturated carbocycles. The highest BCUT2D eigenvalue weighted by molar-refractivity contribution is 5.82. The van der Waals surface area contributed by atoms with E-state index in [4.69, 9.17) is 0 Å². The van der Waals surface area contributed by atoms with E-state index >= 15 is 0 Å². The number of rotatable bonds is 3. The molecule has 2 fully saturated rings. The van der Waals surface area contributed by atoms with Crippen LogP contribution in [0.1, 0.15) is 39.0 Å². The molecule has 92 valence electrons. The van der Waals surface area contributed by atoms with Gasteiger partial charge in [0.15, 0.2) is 0 Å². The molecule has 1 heterocycles. The van der Waals surface area contributed by atoms with E-state index in [0.29, 0.717) is 5.91 Å². The van der Waals surface area contributed by atoms with Gasteiger partial charge in [0.2, 0.25) is 5.91 Å². The monoisotopic (exact) mass is 224 g/mol. The van der Waals surface area contributed by atoms with Gasteiger partial charge in [-0.05, 0) is 38.6 Å². The molecule has 0 spiro atoms. The Labute approximate surface area is 98.6 Å². The van der Waals surface area contributed by atoms with Crippen LogP contribution in [0.3, 0.4) is 0 Å². The van der Waals surface area contributed by atoms with Gasteiger partial charge in [-0.1, -0.05) is 12.8 Å². The maximum absolute atomic E-state index is 12.3. The molecule has 0 aromatic carbocycles. The molecule has 1 aliphatic heterocycles. The Hall–Kier alpha value is -0.570. The van der Waals surface area contributed by atoms with Gasteiger partial charge in [0.05, 0.1) is 5.41 Å². The summed E-state index contributed by atoms with van der Waals surface area (Å²) in [5, 5.41) is 3.29. The molecule has 0 radical (unpaired) electrons. The van der Waals surface area contributed by atoms with Crippen molar-refractivity contribution in [2.75, 3.05) is 26.7 Å². The van der Waals surface area contributed by atoms with Crippen LogP contribution in [-0.4, -0.2) is 37.5 Å². The predicted molar refractivity (Wildman–Crippen MR) is 65.2 cm³/mol. The lowest BCUT2D eigenvalue weighted by atomic mass is 9.88. The number of nitrogens with zero attached hydrogens (tertiary/aromatic N) is 1. The van der Waals surface area contributed by atoms with Gasteiger partial charge in [-0.2, -0.15) is 0 Å². The molecule has 3 heteroatoms. The fourth-order valence-corrected chi connectivity index (χ4v) is 3.12. The third-order valence-electron chi connectivity index (χ3n) is 4.24. The molecular formula is C13H24N2O. The van der Waals surface area contributed by atoms with Crippen molar-refractivity contribution in [3.63, 3.8) is 0 Å². The van der Waals surface area contributed by atoms with E-state index in [1.165, 1.54) is 25.7 Å². The maximum atomic E-state index is 12.3. The summed E-state index contributed by atoms with van der Waals surface area (Å²) >= 11 is 0. The molecule has 0 bridgehead atoms. The average molecular weight is 224 g/mol. The van der Waals surface area contributed by atoms with Crippen LogP contribution < -0.4 is 5.32 Å². The summed E-state index contributed by atoms with van der Waals surface area (Å²) in [6.45, 7) is 4.90. The van der Waals surface area contributed by atoms with Crippen LogP contribution in [0.2, 0.25) is 0 Å². The Kier molecular flexibility index (Phi) is 3.53. The lowest BCUT2D eigenvalue weighted by Gasteiger charge is -2.30. The predicted octanol–water partition coefficient (Wildman–Crippen LogP) is 1.63. The minimum Gasteiger partial charge on any atom is -0.345 e. The summed E-state index contributed by atoms with van der Waals surface area (Å²) in [7, 11) is 1.98. The zero-order valence-electron chi connectivity index (χ0n) is 10.6. The fourth-order valence-electron chi connectivity index (χ4n) is 3.12. The van der Waals surface area contributed by atoms with Crippen molar-refractivity contribution in [3.8, 4) is 0 Å². The van der Waals surface area contributed by atoms with Gasteiger partial charge >= 0.3 is 0 Å². The number of amides is 1. The van der Waals surface area contributed by atoms with Crippen LogP contribution in [0.5, 0.6) is 0 Å².